The maximum atomic E-state index is 12.8. The second kappa shape index (κ2) is 6.84. The smallest absolute Gasteiger partial charge is 0.258 e. The largest absolute Gasteiger partial charge is 0.369 e. The van der Waals surface area contributed by atoms with Crippen molar-refractivity contribution in [3.05, 3.63) is 59.8 Å². The lowest BCUT2D eigenvalue weighted by atomic mass is 10.1. The summed E-state index contributed by atoms with van der Waals surface area (Å²) in [5.41, 5.74) is 4.61. The summed E-state index contributed by atoms with van der Waals surface area (Å²) in [6, 6.07) is 16.0. The molecule has 1 saturated heterocycles. The average Bonchev–Trinajstić information content (AvgIpc) is 2.99. The highest BCUT2D eigenvalue weighted by molar-refractivity contribution is 6.13. The molecule has 1 aliphatic heterocycles. The first-order chi connectivity index (χ1) is 12.6. The Kier molecular flexibility index (Phi) is 4.39. The topological polar surface area (TPSA) is 51.4 Å². The predicted molar refractivity (Wildman–Crippen MR) is 107 cm³/mol. The maximum absolute atomic E-state index is 12.8. The molecule has 0 saturated carbocycles. The van der Waals surface area contributed by atoms with Gasteiger partial charge >= 0.3 is 0 Å². The molecule has 26 heavy (non-hydrogen) atoms. The van der Waals surface area contributed by atoms with Crippen LogP contribution in [0.15, 0.2) is 48.5 Å². The van der Waals surface area contributed by atoms with Crippen molar-refractivity contribution >= 4 is 28.2 Å². The van der Waals surface area contributed by atoms with Crippen LogP contribution < -0.4 is 10.2 Å². The summed E-state index contributed by atoms with van der Waals surface area (Å²) in [6.45, 7) is 6.18. The molecule has 134 valence electrons. The normalized spacial score (nSPS) is 15.4. The molecular formula is C21H24N4O. The number of hydrogen-bond donors (Lipinski definition) is 2. The third kappa shape index (κ3) is 3.18. The lowest BCUT2D eigenvalue weighted by Gasteiger charge is -2.34. The minimum absolute atomic E-state index is 0.0766. The number of rotatable bonds is 3. The monoisotopic (exact) mass is 348 g/mol. The van der Waals surface area contributed by atoms with E-state index in [0.29, 0.717) is 5.56 Å². The Balaban J connectivity index is 1.50. The van der Waals surface area contributed by atoms with Gasteiger partial charge in [-0.2, -0.15) is 0 Å². The van der Waals surface area contributed by atoms with Gasteiger partial charge < -0.3 is 20.1 Å². The van der Waals surface area contributed by atoms with Crippen LogP contribution in [-0.2, 0) is 0 Å². The molecule has 1 aromatic heterocycles. The zero-order valence-electron chi connectivity index (χ0n) is 15.2. The molecule has 1 aliphatic rings. The summed E-state index contributed by atoms with van der Waals surface area (Å²) in [5, 5.41) is 3.98. The van der Waals surface area contributed by atoms with Gasteiger partial charge in [-0.05, 0) is 44.3 Å². The van der Waals surface area contributed by atoms with E-state index >= 15 is 0 Å². The third-order valence-electron chi connectivity index (χ3n) is 5.11. The van der Waals surface area contributed by atoms with Crippen LogP contribution in [0.4, 0.5) is 11.4 Å². The number of amides is 1. The number of aryl methyl sites for hydroxylation is 1. The van der Waals surface area contributed by atoms with Crippen LogP contribution in [0.2, 0.25) is 0 Å². The summed E-state index contributed by atoms with van der Waals surface area (Å²) in [7, 11) is 2.16. The van der Waals surface area contributed by atoms with Crippen molar-refractivity contribution in [1.29, 1.82) is 0 Å². The van der Waals surface area contributed by atoms with Crippen LogP contribution in [0.1, 0.15) is 16.1 Å². The number of anilines is 2. The van der Waals surface area contributed by atoms with E-state index in [1.54, 1.807) is 0 Å². The molecule has 3 aromatic rings. The van der Waals surface area contributed by atoms with Gasteiger partial charge in [0.1, 0.15) is 0 Å². The third-order valence-corrected chi connectivity index (χ3v) is 5.11. The van der Waals surface area contributed by atoms with Crippen LogP contribution in [0, 0.1) is 6.92 Å². The lowest BCUT2D eigenvalue weighted by molar-refractivity contribution is 0.102. The van der Waals surface area contributed by atoms with Crippen LogP contribution in [0.5, 0.6) is 0 Å². The molecule has 0 spiro atoms. The Bertz CT molecular complexity index is 921. The van der Waals surface area contributed by atoms with E-state index in [0.717, 1.165) is 48.5 Å². The first kappa shape index (κ1) is 16.7. The Morgan fingerprint density at radius 3 is 2.42 bits per heavy atom. The molecule has 1 amide bonds. The number of piperazine rings is 1. The summed E-state index contributed by atoms with van der Waals surface area (Å²) >= 11 is 0. The van der Waals surface area contributed by atoms with Crippen LogP contribution >= 0.6 is 0 Å². The molecule has 4 rings (SSSR count). The fraction of sp³-hybridized carbons (Fsp3) is 0.286. The van der Waals surface area contributed by atoms with E-state index < -0.39 is 0 Å². The highest BCUT2D eigenvalue weighted by Crippen LogP contribution is 2.24. The van der Waals surface area contributed by atoms with Crippen LogP contribution in [0.25, 0.3) is 10.9 Å². The molecule has 2 N–H and O–H groups in total. The van der Waals surface area contributed by atoms with Crippen molar-refractivity contribution in [2.45, 2.75) is 6.92 Å². The second-order valence-corrected chi connectivity index (χ2v) is 6.96. The molecule has 0 unspecified atom stereocenters. The number of likely N-dealkylation sites (N-methyl/N-ethyl adjacent to an activating group) is 1. The molecule has 5 heteroatoms. The maximum Gasteiger partial charge on any atom is 0.258 e. The van der Waals surface area contributed by atoms with E-state index in [-0.39, 0.29) is 5.91 Å². The zero-order chi connectivity index (χ0) is 18.1. The lowest BCUT2D eigenvalue weighted by Crippen LogP contribution is -2.44. The molecule has 5 nitrogen and oxygen atoms in total. The molecular weight excluding hydrogens is 324 g/mol. The quantitative estimate of drug-likeness (QED) is 0.762. The minimum atomic E-state index is -0.0766. The molecule has 0 radical (unpaired) electrons. The minimum Gasteiger partial charge on any atom is -0.369 e. The number of nitrogens with zero attached hydrogens (tertiary/aromatic N) is 2. The molecule has 0 bridgehead atoms. The zero-order valence-corrected chi connectivity index (χ0v) is 15.2. The number of H-pyrrole nitrogens is 1. The van der Waals surface area contributed by atoms with Crippen molar-refractivity contribution in [2.24, 2.45) is 0 Å². The van der Waals surface area contributed by atoms with Crippen molar-refractivity contribution in [3.63, 3.8) is 0 Å². The average molecular weight is 348 g/mol. The summed E-state index contributed by atoms with van der Waals surface area (Å²) < 4.78 is 0. The molecule has 1 fully saturated rings. The van der Waals surface area contributed by atoms with Crippen LogP contribution in [-0.4, -0.2) is 49.0 Å². The molecule has 2 aromatic carbocycles. The first-order valence-corrected chi connectivity index (χ1v) is 9.04. The standard InChI is InChI=1S/C21H24N4O/c1-15-20(18-5-3-4-6-19(18)22-15)21(26)23-16-7-9-17(10-8-16)25-13-11-24(2)12-14-25/h3-10,22H,11-14H2,1-2H3,(H,23,26). The van der Waals surface area contributed by atoms with Crippen molar-refractivity contribution in [1.82, 2.24) is 9.88 Å². The van der Waals surface area contributed by atoms with Gasteiger partial charge in [-0.25, -0.2) is 0 Å². The van der Waals surface area contributed by atoms with E-state index in [4.69, 9.17) is 0 Å². The van der Waals surface area contributed by atoms with Crippen LogP contribution in [0.3, 0.4) is 0 Å². The number of aromatic nitrogens is 1. The van der Waals surface area contributed by atoms with E-state index in [9.17, 15) is 4.79 Å². The van der Waals surface area contributed by atoms with E-state index in [1.807, 2.05) is 43.3 Å². The number of carbonyl (C=O) groups excluding carboxylic acids is 1. The Morgan fingerprint density at radius 1 is 1.00 bits per heavy atom. The van der Waals surface area contributed by atoms with Gasteiger partial charge in [-0.1, -0.05) is 18.2 Å². The number of carbonyl (C=O) groups is 1. The number of aromatic amines is 1. The number of para-hydroxylation sites is 1. The Labute approximate surface area is 153 Å². The highest BCUT2D eigenvalue weighted by atomic mass is 16.1. The fourth-order valence-electron chi connectivity index (χ4n) is 3.58. The Hall–Kier alpha value is -2.79. The van der Waals surface area contributed by atoms with E-state index in [2.05, 4.69) is 39.3 Å². The number of fused-ring (bicyclic) bond motifs is 1. The second-order valence-electron chi connectivity index (χ2n) is 6.96. The van der Waals surface area contributed by atoms with Crippen molar-refractivity contribution < 1.29 is 4.79 Å². The van der Waals surface area contributed by atoms with Gasteiger partial charge in [0.15, 0.2) is 0 Å². The number of benzene rings is 2. The fourth-order valence-corrected chi connectivity index (χ4v) is 3.58. The molecule has 2 heterocycles. The summed E-state index contributed by atoms with van der Waals surface area (Å²) in [5.74, 6) is -0.0766. The van der Waals surface area contributed by atoms with Gasteiger partial charge in [-0.3, -0.25) is 4.79 Å². The Morgan fingerprint density at radius 2 is 1.69 bits per heavy atom. The van der Waals surface area contributed by atoms with Gasteiger partial charge in [-0.15, -0.1) is 0 Å². The van der Waals surface area contributed by atoms with Gasteiger partial charge in [0.25, 0.3) is 5.91 Å². The van der Waals surface area contributed by atoms with E-state index in [1.165, 1.54) is 5.69 Å². The summed E-state index contributed by atoms with van der Waals surface area (Å²) in [6.07, 6.45) is 0. The number of hydrogen-bond acceptors (Lipinski definition) is 3. The van der Waals surface area contributed by atoms with Crippen molar-refractivity contribution in [3.8, 4) is 0 Å². The van der Waals surface area contributed by atoms with Gasteiger partial charge in [0, 0.05) is 54.2 Å². The first-order valence-electron chi connectivity index (χ1n) is 9.04. The number of nitrogens with one attached hydrogen (secondary N) is 2. The molecule has 0 atom stereocenters. The summed E-state index contributed by atoms with van der Waals surface area (Å²) in [4.78, 5) is 20.8. The predicted octanol–water partition coefficient (Wildman–Crippen LogP) is 3.48. The van der Waals surface area contributed by atoms with Crippen molar-refractivity contribution in [2.75, 3.05) is 43.4 Å². The van der Waals surface area contributed by atoms with Gasteiger partial charge in [0.2, 0.25) is 0 Å². The highest BCUT2D eigenvalue weighted by Gasteiger charge is 2.17. The SMILES string of the molecule is Cc1[nH]c2ccccc2c1C(=O)Nc1ccc(N2CCN(C)CC2)cc1. The molecule has 0 aliphatic carbocycles. The van der Waals surface area contributed by atoms with Gasteiger partial charge in [0.05, 0.1) is 5.56 Å².